The van der Waals surface area contributed by atoms with E-state index in [0.29, 0.717) is 17.9 Å². The van der Waals surface area contributed by atoms with Gasteiger partial charge in [0.15, 0.2) is 0 Å². The number of hydrogen-bond donors (Lipinski definition) is 1. The van der Waals surface area contributed by atoms with Crippen LogP contribution in [0.25, 0.3) is 15.9 Å². The fraction of sp³-hybridized carbons (Fsp3) is 0.0556. The zero-order chi connectivity index (χ0) is 17.2. The van der Waals surface area contributed by atoms with E-state index in [-0.39, 0.29) is 11.7 Å². The molecule has 0 radical (unpaired) electrons. The molecule has 0 spiro atoms. The summed E-state index contributed by atoms with van der Waals surface area (Å²) in [5.74, 6) is -0.591. The summed E-state index contributed by atoms with van der Waals surface area (Å²) in [6.45, 7) is 0.340. The molecular weight excluding hydrogens is 339 g/mol. The van der Waals surface area contributed by atoms with E-state index in [0.717, 1.165) is 15.2 Å². The molecule has 0 atom stereocenters. The van der Waals surface area contributed by atoms with Gasteiger partial charge in [-0.1, -0.05) is 12.1 Å². The fourth-order valence-corrected chi connectivity index (χ4v) is 3.42. The topological polar surface area (TPSA) is 59.8 Å². The Kier molecular flexibility index (Phi) is 3.99. The third-order valence-corrected chi connectivity index (χ3v) is 4.75. The second-order valence-corrected chi connectivity index (χ2v) is 6.50. The van der Waals surface area contributed by atoms with Crippen molar-refractivity contribution in [3.8, 4) is 5.69 Å². The van der Waals surface area contributed by atoms with Gasteiger partial charge in [-0.3, -0.25) is 9.36 Å². The standard InChI is InChI=1S/C18H13FN4OS/c19-12-5-7-13(8-6-12)23-11-20-9-15(23)18(24)21-10-17-22-14-3-1-2-4-16(14)25-17/h1-9,11H,10H2,(H,21,24). The minimum atomic E-state index is -0.328. The lowest BCUT2D eigenvalue weighted by Gasteiger charge is -2.08. The van der Waals surface area contributed by atoms with Crippen molar-refractivity contribution in [1.29, 1.82) is 0 Å². The van der Waals surface area contributed by atoms with Gasteiger partial charge >= 0.3 is 0 Å². The first-order valence-corrected chi connectivity index (χ1v) is 8.43. The van der Waals surface area contributed by atoms with E-state index < -0.39 is 0 Å². The van der Waals surface area contributed by atoms with Gasteiger partial charge in [0.05, 0.1) is 29.3 Å². The number of nitrogens with zero attached hydrogens (tertiary/aromatic N) is 3. The molecule has 0 aliphatic heterocycles. The highest BCUT2D eigenvalue weighted by molar-refractivity contribution is 7.18. The molecule has 0 saturated heterocycles. The lowest BCUT2D eigenvalue weighted by Crippen LogP contribution is -2.25. The number of nitrogens with one attached hydrogen (secondary N) is 1. The fourth-order valence-electron chi connectivity index (χ4n) is 2.51. The molecule has 1 N–H and O–H groups in total. The number of benzene rings is 2. The summed E-state index contributed by atoms with van der Waals surface area (Å²) in [6, 6.07) is 13.7. The Balaban J connectivity index is 1.52. The second-order valence-electron chi connectivity index (χ2n) is 5.38. The number of aromatic nitrogens is 3. The highest BCUT2D eigenvalue weighted by atomic mass is 32.1. The summed E-state index contributed by atoms with van der Waals surface area (Å²) in [7, 11) is 0. The molecule has 2 heterocycles. The number of para-hydroxylation sites is 1. The van der Waals surface area contributed by atoms with Gasteiger partial charge in [-0.05, 0) is 36.4 Å². The summed E-state index contributed by atoms with van der Waals surface area (Å²) in [6.07, 6.45) is 3.01. The van der Waals surface area contributed by atoms with Crippen LogP contribution < -0.4 is 5.32 Å². The number of halogens is 1. The molecule has 2 aromatic heterocycles. The van der Waals surface area contributed by atoms with Crippen molar-refractivity contribution >= 4 is 27.5 Å². The first-order valence-electron chi connectivity index (χ1n) is 7.61. The number of amides is 1. The maximum atomic E-state index is 13.1. The second kappa shape index (κ2) is 6.45. The van der Waals surface area contributed by atoms with Gasteiger partial charge in [0.2, 0.25) is 0 Å². The largest absolute Gasteiger partial charge is 0.344 e. The maximum absolute atomic E-state index is 13.1. The Labute approximate surface area is 146 Å². The molecule has 7 heteroatoms. The monoisotopic (exact) mass is 352 g/mol. The summed E-state index contributed by atoms with van der Waals surface area (Å²) in [5, 5.41) is 3.69. The number of rotatable bonds is 4. The summed E-state index contributed by atoms with van der Waals surface area (Å²) in [4.78, 5) is 21.0. The van der Waals surface area contributed by atoms with Crippen molar-refractivity contribution in [3.63, 3.8) is 0 Å². The number of hydrogen-bond acceptors (Lipinski definition) is 4. The molecule has 0 unspecified atom stereocenters. The molecule has 0 aliphatic rings. The first kappa shape index (κ1) is 15.5. The van der Waals surface area contributed by atoms with E-state index in [1.165, 1.54) is 24.7 Å². The minimum absolute atomic E-state index is 0.263. The van der Waals surface area contributed by atoms with Crippen LogP contribution in [0.2, 0.25) is 0 Å². The minimum Gasteiger partial charge on any atom is -0.344 e. The molecule has 0 aliphatic carbocycles. The SMILES string of the molecule is O=C(NCc1nc2ccccc2s1)c1cncn1-c1ccc(F)cc1. The van der Waals surface area contributed by atoms with Crippen molar-refractivity contribution in [2.45, 2.75) is 6.54 Å². The van der Waals surface area contributed by atoms with Crippen molar-refractivity contribution < 1.29 is 9.18 Å². The van der Waals surface area contributed by atoms with E-state index in [2.05, 4.69) is 15.3 Å². The highest BCUT2D eigenvalue weighted by Crippen LogP contribution is 2.21. The van der Waals surface area contributed by atoms with Gasteiger partial charge in [-0.15, -0.1) is 11.3 Å². The smallest absolute Gasteiger partial charge is 0.270 e. The van der Waals surface area contributed by atoms with Crippen LogP contribution in [-0.4, -0.2) is 20.4 Å². The van der Waals surface area contributed by atoms with Crippen molar-refractivity contribution in [2.24, 2.45) is 0 Å². The van der Waals surface area contributed by atoms with Crippen LogP contribution in [0.4, 0.5) is 4.39 Å². The Bertz CT molecular complexity index is 1010. The quantitative estimate of drug-likeness (QED) is 0.611. The summed E-state index contributed by atoms with van der Waals surface area (Å²) < 4.78 is 15.8. The number of imidazole rings is 1. The number of carbonyl (C=O) groups excluding carboxylic acids is 1. The molecule has 5 nitrogen and oxygen atoms in total. The Morgan fingerprint density at radius 2 is 1.96 bits per heavy atom. The average molecular weight is 352 g/mol. The lowest BCUT2D eigenvalue weighted by molar-refractivity contribution is 0.0944. The van der Waals surface area contributed by atoms with E-state index in [1.54, 1.807) is 28.0 Å². The predicted molar refractivity (Wildman–Crippen MR) is 94.3 cm³/mol. The molecule has 0 fully saturated rings. The van der Waals surface area contributed by atoms with Crippen molar-refractivity contribution in [2.75, 3.05) is 0 Å². The van der Waals surface area contributed by atoms with Crippen molar-refractivity contribution in [1.82, 2.24) is 19.9 Å². The Hall–Kier alpha value is -3.06. The molecule has 4 aromatic rings. The number of carbonyl (C=O) groups is 1. The maximum Gasteiger partial charge on any atom is 0.270 e. The molecule has 0 saturated carbocycles. The van der Waals surface area contributed by atoms with E-state index in [9.17, 15) is 9.18 Å². The van der Waals surface area contributed by atoms with Gasteiger partial charge in [0.25, 0.3) is 5.91 Å². The zero-order valence-electron chi connectivity index (χ0n) is 13.0. The van der Waals surface area contributed by atoms with Gasteiger partial charge in [0.1, 0.15) is 16.5 Å². The Morgan fingerprint density at radius 3 is 2.76 bits per heavy atom. The van der Waals surface area contributed by atoms with E-state index >= 15 is 0 Å². The highest BCUT2D eigenvalue weighted by Gasteiger charge is 2.14. The van der Waals surface area contributed by atoms with Crippen LogP contribution in [0.15, 0.2) is 61.1 Å². The van der Waals surface area contributed by atoms with Crippen molar-refractivity contribution in [3.05, 3.63) is 77.6 Å². The van der Waals surface area contributed by atoms with E-state index in [4.69, 9.17) is 0 Å². The molecule has 4 rings (SSSR count). The third-order valence-electron chi connectivity index (χ3n) is 3.71. The number of fused-ring (bicyclic) bond motifs is 1. The van der Waals surface area contributed by atoms with Crippen LogP contribution >= 0.6 is 11.3 Å². The third kappa shape index (κ3) is 3.14. The molecule has 0 bridgehead atoms. The Morgan fingerprint density at radius 1 is 1.16 bits per heavy atom. The first-order chi connectivity index (χ1) is 12.2. The average Bonchev–Trinajstić information content (AvgIpc) is 3.27. The summed E-state index contributed by atoms with van der Waals surface area (Å²) >= 11 is 1.55. The molecular formula is C18H13FN4OS. The normalized spacial score (nSPS) is 10.9. The van der Waals surface area contributed by atoms with Gasteiger partial charge in [0, 0.05) is 5.69 Å². The van der Waals surface area contributed by atoms with Crippen LogP contribution in [0.1, 0.15) is 15.5 Å². The molecule has 124 valence electrons. The summed E-state index contributed by atoms with van der Waals surface area (Å²) in [5.41, 5.74) is 1.98. The van der Waals surface area contributed by atoms with Gasteiger partial charge in [-0.25, -0.2) is 14.4 Å². The van der Waals surface area contributed by atoms with Gasteiger partial charge in [-0.2, -0.15) is 0 Å². The lowest BCUT2D eigenvalue weighted by atomic mass is 10.3. The molecule has 1 amide bonds. The van der Waals surface area contributed by atoms with Crippen LogP contribution in [0, 0.1) is 5.82 Å². The zero-order valence-corrected chi connectivity index (χ0v) is 13.8. The predicted octanol–water partition coefficient (Wildman–Crippen LogP) is 3.55. The van der Waals surface area contributed by atoms with E-state index in [1.807, 2.05) is 24.3 Å². The molecule has 2 aromatic carbocycles. The van der Waals surface area contributed by atoms with Crippen LogP contribution in [-0.2, 0) is 6.54 Å². The molecule has 25 heavy (non-hydrogen) atoms. The van der Waals surface area contributed by atoms with Crippen LogP contribution in [0.5, 0.6) is 0 Å². The van der Waals surface area contributed by atoms with Gasteiger partial charge < -0.3 is 5.32 Å². The number of thiazole rings is 1. The van der Waals surface area contributed by atoms with Crippen LogP contribution in [0.3, 0.4) is 0 Å².